The Balaban J connectivity index is 0.000000140. The zero-order chi connectivity index (χ0) is 36.0. The fourth-order valence-electron chi connectivity index (χ4n) is 8.87. The number of hydrogen-bond donors (Lipinski definition) is 1. The monoisotopic (exact) mass is 768 g/mol. The summed E-state index contributed by atoms with van der Waals surface area (Å²) in [5, 5.41) is 10.1. The minimum atomic E-state index is -1.08. The first-order valence-corrected chi connectivity index (χ1v) is 18.8. The SMILES string of the molecule is Brc1ccc2nc3n(c2n1)C1(CCc2ccccc21)COC3.CC(C)(O)c1ncc(-c2ccc3nc4n(c3n2)C2(CCc3ccccc32)COC4)cn1. The maximum Gasteiger partial charge on any atom is 0.162 e. The van der Waals surface area contributed by atoms with Gasteiger partial charge < -0.3 is 14.6 Å². The van der Waals surface area contributed by atoms with Crippen LogP contribution in [0.3, 0.4) is 0 Å². The number of nitrogens with zero attached hydrogens (tertiary/aromatic N) is 8. The van der Waals surface area contributed by atoms with Crippen LogP contribution in [0.25, 0.3) is 33.6 Å². The Morgan fingerprint density at radius 1 is 0.679 bits per heavy atom. The Morgan fingerprint density at radius 2 is 1.21 bits per heavy atom. The Bertz CT molecular complexity index is 2560. The smallest absolute Gasteiger partial charge is 0.162 e. The molecule has 2 spiro atoms. The van der Waals surface area contributed by atoms with Gasteiger partial charge in [0.15, 0.2) is 17.1 Å². The van der Waals surface area contributed by atoms with Crippen LogP contribution in [0.2, 0.25) is 0 Å². The van der Waals surface area contributed by atoms with E-state index in [-0.39, 0.29) is 11.1 Å². The second-order valence-corrected chi connectivity index (χ2v) is 15.8. The van der Waals surface area contributed by atoms with E-state index in [1.54, 1.807) is 26.2 Å². The second kappa shape index (κ2) is 12.1. The van der Waals surface area contributed by atoms with Crippen LogP contribution in [0.5, 0.6) is 0 Å². The van der Waals surface area contributed by atoms with Gasteiger partial charge in [-0.3, -0.25) is 9.13 Å². The number of rotatable bonds is 2. The topological polar surface area (TPSA) is 126 Å². The highest BCUT2D eigenvalue weighted by molar-refractivity contribution is 9.10. The van der Waals surface area contributed by atoms with Crippen LogP contribution in [-0.4, -0.2) is 57.4 Å². The molecule has 53 heavy (non-hydrogen) atoms. The standard InChI is InChI=1S/C24H23N5O2.C17H14BrN3O/c1-23(2,30)22-25-11-16(12-26-22)18-7-8-19-21(28-18)29-20(27-19)13-31-14-24(29)10-9-15-5-3-4-6-17(15)24;18-14-6-5-13-16(20-14)21-15(19-13)9-22-10-17(21)8-7-11-3-1-2-4-12(11)17/h3-8,11-12,30H,9-10,13-14H2,1-2H3;1-6H,7-10H2. The summed E-state index contributed by atoms with van der Waals surface area (Å²) in [4.78, 5) is 28.0. The van der Waals surface area contributed by atoms with Crippen LogP contribution in [0, 0.1) is 0 Å². The van der Waals surface area contributed by atoms with E-state index in [4.69, 9.17) is 29.4 Å². The predicted molar refractivity (Wildman–Crippen MR) is 202 cm³/mol. The number of fused-ring (bicyclic) bond motifs is 12. The van der Waals surface area contributed by atoms with Crippen molar-refractivity contribution >= 4 is 38.3 Å². The third-order valence-electron chi connectivity index (χ3n) is 11.3. The molecule has 0 radical (unpaired) electrons. The largest absolute Gasteiger partial charge is 0.382 e. The lowest BCUT2D eigenvalue weighted by Crippen LogP contribution is -2.42. The molecule has 2 aliphatic carbocycles. The maximum atomic E-state index is 10.1. The molecule has 2 aromatic carbocycles. The van der Waals surface area contributed by atoms with E-state index in [2.05, 4.69) is 83.6 Å². The highest BCUT2D eigenvalue weighted by Gasteiger charge is 2.46. The fourth-order valence-corrected chi connectivity index (χ4v) is 9.17. The van der Waals surface area contributed by atoms with Crippen molar-refractivity contribution in [3.63, 3.8) is 0 Å². The Hall–Kier alpha value is -4.88. The summed E-state index contributed by atoms with van der Waals surface area (Å²) < 4.78 is 17.4. The number of aliphatic hydroxyl groups is 1. The van der Waals surface area contributed by atoms with Gasteiger partial charge in [0.2, 0.25) is 0 Å². The fraction of sp³-hybridized carbons (Fsp3) is 0.317. The summed E-state index contributed by atoms with van der Waals surface area (Å²) in [6.07, 6.45) is 7.54. The van der Waals surface area contributed by atoms with Gasteiger partial charge in [-0.15, -0.1) is 0 Å². The summed E-state index contributed by atoms with van der Waals surface area (Å²) in [5.74, 6) is 2.28. The summed E-state index contributed by atoms with van der Waals surface area (Å²) in [6, 6.07) is 25.2. The second-order valence-electron chi connectivity index (χ2n) is 15.0. The van der Waals surface area contributed by atoms with Crippen LogP contribution >= 0.6 is 15.9 Å². The molecule has 0 bridgehead atoms. The Labute approximate surface area is 314 Å². The van der Waals surface area contributed by atoms with Crippen LogP contribution in [-0.2, 0) is 52.2 Å². The van der Waals surface area contributed by atoms with Gasteiger partial charge in [-0.05, 0) is 102 Å². The highest BCUT2D eigenvalue weighted by atomic mass is 79.9. The van der Waals surface area contributed by atoms with Crippen molar-refractivity contribution in [2.75, 3.05) is 13.2 Å². The van der Waals surface area contributed by atoms with E-state index >= 15 is 0 Å². The normalized spacial score (nSPS) is 21.4. The molecule has 0 amide bonds. The molecule has 4 aliphatic rings. The minimum Gasteiger partial charge on any atom is -0.382 e. The third-order valence-corrected chi connectivity index (χ3v) is 11.7. The van der Waals surface area contributed by atoms with Gasteiger partial charge in [0.25, 0.3) is 0 Å². The third kappa shape index (κ3) is 5.10. The van der Waals surface area contributed by atoms with Crippen LogP contribution in [0.15, 0.2) is 89.8 Å². The number of halogens is 1. The van der Waals surface area contributed by atoms with Crippen molar-refractivity contribution in [1.82, 2.24) is 39.0 Å². The van der Waals surface area contributed by atoms with Gasteiger partial charge in [-0.1, -0.05) is 48.5 Å². The van der Waals surface area contributed by atoms with Gasteiger partial charge in [-0.2, -0.15) is 0 Å². The maximum absolute atomic E-state index is 10.1. The van der Waals surface area contributed by atoms with Crippen molar-refractivity contribution < 1.29 is 14.6 Å². The summed E-state index contributed by atoms with van der Waals surface area (Å²) >= 11 is 3.49. The number of benzene rings is 2. The molecule has 12 heteroatoms. The molecular weight excluding hydrogens is 732 g/mol. The molecule has 5 aromatic heterocycles. The lowest BCUT2D eigenvalue weighted by molar-refractivity contribution is 0.0224. The van der Waals surface area contributed by atoms with Crippen molar-refractivity contribution in [3.8, 4) is 11.3 Å². The van der Waals surface area contributed by atoms with Gasteiger partial charge in [-0.25, -0.2) is 29.9 Å². The van der Waals surface area contributed by atoms with Crippen LogP contribution in [0.4, 0.5) is 0 Å². The van der Waals surface area contributed by atoms with Gasteiger partial charge >= 0.3 is 0 Å². The van der Waals surface area contributed by atoms with E-state index in [0.717, 1.165) is 75.5 Å². The number of imidazole rings is 2. The first-order valence-electron chi connectivity index (χ1n) is 18.0. The average Bonchev–Trinajstić information content (AvgIpc) is 3.94. The Morgan fingerprint density at radius 3 is 1.77 bits per heavy atom. The lowest BCUT2D eigenvalue weighted by Gasteiger charge is -2.37. The van der Waals surface area contributed by atoms with Gasteiger partial charge in [0, 0.05) is 18.0 Å². The number of hydrogen-bond acceptors (Lipinski definition) is 9. The van der Waals surface area contributed by atoms with E-state index < -0.39 is 5.60 Å². The van der Waals surface area contributed by atoms with Crippen molar-refractivity contribution in [1.29, 1.82) is 0 Å². The molecule has 7 aromatic rings. The highest BCUT2D eigenvalue weighted by Crippen LogP contribution is 2.46. The van der Waals surface area contributed by atoms with Crippen molar-refractivity contribution in [2.45, 2.75) is 69.4 Å². The molecule has 7 heterocycles. The molecule has 2 aliphatic heterocycles. The molecule has 2 atom stereocenters. The summed E-state index contributed by atoms with van der Waals surface area (Å²) in [7, 11) is 0. The Kier molecular flexibility index (Phi) is 7.46. The zero-order valence-electron chi connectivity index (χ0n) is 29.5. The molecule has 2 unspecified atom stereocenters. The van der Waals surface area contributed by atoms with E-state index in [1.807, 2.05) is 24.3 Å². The molecule has 266 valence electrons. The molecule has 0 saturated heterocycles. The van der Waals surface area contributed by atoms with Crippen LogP contribution < -0.4 is 0 Å². The lowest BCUT2D eigenvalue weighted by atomic mass is 9.91. The quantitative estimate of drug-likeness (QED) is 0.190. The summed E-state index contributed by atoms with van der Waals surface area (Å²) in [5.41, 5.74) is 9.13. The zero-order valence-corrected chi connectivity index (χ0v) is 31.0. The number of aryl methyl sites for hydroxylation is 2. The number of ether oxygens (including phenoxy) is 2. The first-order chi connectivity index (χ1) is 25.7. The molecule has 11 rings (SSSR count). The molecule has 1 N–H and O–H groups in total. The summed E-state index contributed by atoms with van der Waals surface area (Å²) in [6.45, 7) is 5.70. The van der Waals surface area contributed by atoms with E-state index in [0.29, 0.717) is 32.3 Å². The van der Waals surface area contributed by atoms with Gasteiger partial charge in [0.05, 0.1) is 30.0 Å². The average molecular weight is 770 g/mol. The first kappa shape index (κ1) is 32.7. The van der Waals surface area contributed by atoms with Crippen molar-refractivity contribution in [2.24, 2.45) is 0 Å². The molecule has 11 nitrogen and oxygen atoms in total. The van der Waals surface area contributed by atoms with Crippen molar-refractivity contribution in [3.05, 3.63) is 130 Å². The molecule has 0 fully saturated rings. The number of aromatic nitrogens is 8. The molecule has 0 saturated carbocycles. The predicted octanol–water partition coefficient (Wildman–Crippen LogP) is 6.75. The van der Waals surface area contributed by atoms with E-state index in [9.17, 15) is 5.11 Å². The van der Waals surface area contributed by atoms with Gasteiger partial charge in [0.1, 0.15) is 46.1 Å². The van der Waals surface area contributed by atoms with Crippen LogP contribution in [0.1, 0.15) is 66.4 Å². The number of pyridine rings is 2. The van der Waals surface area contributed by atoms with E-state index in [1.165, 1.54) is 22.3 Å². The molecular formula is C41H37BrN8O3. The minimum absolute atomic E-state index is 0.160.